The average molecular weight is 367 g/mol. The zero-order valence-electron chi connectivity index (χ0n) is 13.2. The Bertz CT molecular complexity index is 838. The molecule has 2 rings (SSSR count). The van der Waals surface area contributed by atoms with E-state index in [0.29, 0.717) is 4.88 Å². The molecule has 0 atom stereocenters. The fourth-order valence-corrected chi connectivity index (χ4v) is 3.75. The third kappa shape index (κ3) is 4.50. The maximum atomic E-state index is 11.9. The van der Waals surface area contributed by atoms with Gasteiger partial charge in [-0.1, -0.05) is 6.92 Å². The Morgan fingerprint density at radius 3 is 2.33 bits per heavy atom. The minimum Gasteiger partial charge on any atom is -0.454 e. The van der Waals surface area contributed by atoms with Crippen molar-refractivity contribution in [3.63, 3.8) is 0 Å². The summed E-state index contributed by atoms with van der Waals surface area (Å²) in [6.45, 7) is 3.48. The molecule has 0 bridgehead atoms. The molecular weight excluding hydrogens is 350 g/mol. The second-order valence-electron chi connectivity index (χ2n) is 4.94. The molecule has 0 saturated heterocycles. The molecule has 0 unspecified atom stereocenters. The maximum absolute atomic E-state index is 11.9. The number of carbonyl (C=O) groups is 2. The van der Waals surface area contributed by atoms with Gasteiger partial charge in [-0.3, -0.25) is 4.79 Å². The number of rotatable bonds is 7. The molecule has 1 aromatic heterocycles. The van der Waals surface area contributed by atoms with Crippen molar-refractivity contribution in [3.8, 4) is 0 Å². The van der Waals surface area contributed by atoms with Crippen LogP contribution in [0.15, 0.2) is 41.3 Å². The van der Waals surface area contributed by atoms with E-state index in [-0.39, 0.29) is 29.4 Å². The summed E-state index contributed by atoms with van der Waals surface area (Å²) in [5.74, 6) is -0.947. The second kappa shape index (κ2) is 7.69. The number of ketones is 1. The first-order valence-corrected chi connectivity index (χ1v) is 9.50. The lowest BCUT2D eigenvalue weighted by Gasteiger charge is -2.06. The van der Waals surface area contributed by atoms with Gasteiger partial charge in [0.25, 0.3) is 0 Å². The molecule has 0 fully saturated rings. The number of nitrogens with one attached hydrogen (secondary N) is 1. The number of sulfonamides is 1. The lowest BCUT2D eigenvalue weighted by Crippen LogP contribution is -2.23. The number of hydrogen-bond acceptors (Lipinski definition) is 6. The highest BCUT2D eigenvalue weighted by atomic mass is 32.2. The molecule has 0 radical (unpaired) electrons. The zero-order valence-corrected chi connectivity index (χ0v) is 14.9. The van der Waals surface area contributed by atoms with Crippen LogP contribution in [0.4, 0.5) is 0 Å². The fraction of sp³-hybridized carbons (Fsp3) is 0.250. The largest absolute Gasteiger partial charge is 0.454 e. The van der Waals surface area contributed by atoms with Crippen LogP contribution in [0, 0.1) is 6.92 Å². The average Bonchev–Trinajstić information content (AvgIpc) is 2.99. The number of ether oxygens (including phenoxy) is 1. The highest BCUT2D eigenvalue weighted by Gasteiger charge is 2.16. The molecule has 2 aromatic rings. The lowest BCUT2D eigenvalue weighted by molar-refractivity contribution is 0.0475. The van der Waals surface area contributed by atoms with Crippen molar-refractivity contribution < 1.29 is 22.7 Å². The van der Waals surface area contributed by atoms with Gasteiger partial charge >= 0.3 is 5.97 Å². The van der Waals surface area contributed by atoms with Crippen LogP contribution in [-0.2, 0) is 14.8 Å². The van der Waals surface area contributed by atoms with Crippen LogP contribution in [0.5, 0.6) is 0 Å². The first kappa shape index (κ1) is 18.3. The highest BCUT2D eigenvalue weighted by molar-refractivity contribution is 7.89. The summed E-state index contributed by atoms with van der Waals surface area (Å²) < 4.78 is 31.0. The number of aryl methyl sites for hydroxylation is 1. The molecule has 0 amide bonds. The van der Waals surface area contributed by atoms with E-state index in [1.165, 1.54) is 35.6 Å². The quantitative estimate of drug-likeness (QED) is 0.599. The third-order valence-corrected chi connectivity index (χ3v) is 5.69. The van der Waals surface area contributed by atoms with Crippen molar-refractivity contribution in [2.75, 3.05) is 13.2 Å². The van der Waals surface area contributed by atoms with Crippen LogP contribution >= 0.6 is 11.3 Å². The highest BCUT2D eigenvalue weighted by Crippen LogP contribution is 2.16. The molecule has 128 valence electrons. The number of carbonyl (C=O) groups excluding carboxylic acids is 2. The van der Waals surface area contributed by atoms with Gasteiger partial charge in [0, 0.05) is 11.4 Å². The number of hydrogen-bond donors (Lipinski definition) is 1. The van der Waals surface area contributed by atoms with Gasteiger partial charge < -0.3 is 4.74 Å². The molecule has 6 nitrogen and oxygen atoms in total. The normalized spacial score (nSPS) is 11.2. The molecule has 0 aliphatic heterocycles. The number of esters is 1. The van der Waals surface area contributed by atoms with Gasteiger partial charge in [0.2, 0.25) is 15.8 Å². The molecule has 0 aliphatic rings. The van der Waals surface area contributed by atoms with Crippen LogP contribution < -0.4 is 4.72 Å². The summed E-state index contributed by atoms with van der Waals surface area (Å²) in [6.07, 6.45) is 0. The molecule has 24 heavy (non-hydrogen) atoms. The van der Waals surface area contributed by atoms with Gasteiger partial charge in [0.05, 0.1) is 15.3 Å². The Kier molecular flexibility index (Phi) is 5.87. The van der Waals surface area contributed by atoms with Crippen molar-refractivity contribution in [2.45, 2.75) is 18.7 Å². The number of benzene rings is 1. The summed E-state index contributed by atoms with van der Waals surface area (Å²) in [5, 5.41) is 0. The van der Waals surface area contributed by atoms with E-state index >= 15 is 0 Å². The Hall–Kier alpha value is -2.03. The third-order valence-electron chi connectivity index (χ3n) is 3.08. The van der Waals surface area contributed by atoms with E-state index in [9.17, 15) is 18.0 Å². The smallest absolute Gasteiger partial charge is 0.338 e. The van der Waals surface area contributed by atoms with Gasteiger partial charge in [-0.2, -0.15) is 0 Å². The van der Waals surface area contributed by atoms with Gasteiger partial charge in [-0.25, -0.2) is 17.9 Å². The van der Waals surface area contributed by atoms with Gasteiger partial charge in [-0.15, -0.1) is 11.3 Å². The van der Waals surface area contributed by atoms with Crippen molar-refractivity contribution in [3.05, 3.63) is 51.7 Å². The van der Waals surface area contributed by atoms with Crippen LogP contribution in [0.3, 0.4) is 0 Å². The molecule has 8 heteroatoms. The predicted molar refractivity (Wildman–Crippen MR) is 91.0 cm³/mol. The topological polar surface area (TPSA) is 89.5 Å². The molecule has 1 aromatic carbocycles. The number of Topliss-reactive ketones (excluding diaryl/α,β-unsaturated/α-hetero) is 1. The second-order valence-corrected chi connectivity index (χ2v) is 7.99. The van der Waals surface area contributed by atoms with E-state index in [1.54, 1.807) is 13.0 Å². The van der Waals surface area contributed by atoms with Crippen LogP contribution in [0.1, 0.15) is 31.8 Å². The van der Waals surface area contributed by atoms with Crippen molar-refractivity contribution >= 4 is 33.1 Å². The van der Waals surface area contributed by atoms with Gasteiger partial charge in [0.1, 0.15) is 0 Å². The Balaban J connectivity index is 1.99. The van der Waals surface area contributed by atoms with Crippen LogP contribution in [0.2, 0.25) is 0 Å². The summed E-state index contributed by atoms with van der Waals surface area (Å²) in [4.78, 5) is 25.4. The molecule has 0 spiro atoms. The summed E-state index contributed by atoms with van der Waals surface area (Å²) in [6, 6.07) is 8.86. The van der Waals surface area contributed by atoms with E-state index < -0.39 is 16.0 Å². The predicted octanol–water partition coefficient (Wildman–Crippen LogP) is 2.39. The first-order valence-electron chi connectivity index (χ1n) is 7.20. The lowest BCUT2D eigenvalue weighted by atomic mass is 10.2. The van der Waals surface area contributed by atoms with Crippen LogP contribution in [0.25, 0.3) is 0 Å². The Morgan fingerprint density at radius 2 is 1.79 bits per heavy atom. The monoisotopic (exact) mass is 367 g/mol. The zero-order chi connectivity index (χ0) is 17.7. The van der Waals surface area contributed by atoms with Crippen LogP contribution in [-0.4, -0.2) is 33.3 Å². The number of thiophene rings is 1. The van der Waals surface area contributed by atoms with Crippen molar-refractivity contribution in [2.24, 2.45) is 0 Å². The van der Waals surface area contributed by atoms with E-state index in [1.807, 2.05) is 13.0 Å². The van der Waals surface area contributed by atoms with Crippen molar-refractivity contribution in [1.82, 2.24) is 4.72 Å². The molecule has 1 heterocycles. The standard InChI is InChI=1S/C16H17NO5S2/c1-3-17-24(20,21)13-7-5-12(6-8-13)16(19)22-10-14(18)15-9-4-11(2)23-15/h4-9,17H,3,10H2,1-2H3. The molecule has 0 saturated carbocycles. The minimum absolute atomic E-state index is 0.0611. The molecule has 1 N–H and O–H groups in total. The van der Waals surface area contributed by atoms with Gasteiger partial charge in [0.15, 0.2) is 6.61 Å². The van der Waals surface area contributed by atoms with Gasteiger partial charge in [-0.05, 0) is 43.3 Å². The Morgan fingerprint density at radius 1 is 1.12 bits per heavy atom. The summed E-state index contributed by atoms with van der Waals surface area (Å²) >= 11 is 1.34. The van der Waals surface area contributed by atoms with E-state index in [4.69, 9.17) is 4.74 Å². The van der Waals surface area contributed by atoms with E-state index in [0.717, 1.165) is 4.88 Å². The summed E-state index contributed by atoms with van der Waals surface area (Å²) in [5.41, 5.74) is 0.181. The summed E-state index contributed by atoms with van der Waals surface area (Å²) in [7, 11) is -3.57. The fourth-order valence-electron chi connectivity index (χ4n) is 1.91. The maximum Gasteiger partial charge on any atom is 0.338 e. The SMILES string of the molecule is CCNS(=O)(=O)c1ccc(C(=O)OCC(=O)c2ccc(C)s2)cc1. The molecular formula is C16H17NO5S2. The van der Waals surface area contributed by atoms with E-state index in [2.05, 4.69) is 4.72 Å². The minimum atomic E-state index is -3.57. The molecule has 0 aliphatic carbocycles. The van der Waals surface area contributed by atoms with Crippen molar-refractivity contribution in [1.29, 1.82) is 0 Å². The Labute approximate surface area is 144 Å². The first-order chi connectivity index (χ1) is 11.3.